The first-order valence-electron chi connectivity index (χ1n) is 4.09. The van der Waals surface area contributed by atoms with Crippen molar-refractivity contribution in [2.75, 3.05) is 5.32 Å². The molecule has 2 aromatic heterocycles. The fourth-order valence-corrected chi connectivity index (χ4v) is 1.06. The number of nitrogens with zero attached hydrogens (tertiary/aromatic N) is 2. The van der Waals surface area contributed by atoms with E-state index in [0.29, 0.717) is 5.95 Å². The number of rotatable bonds is 2. The lowest BCUT2D eigenvalue weighted by molar-refractivity contribution is 0.0995. The van der Waals surface area contributed by atoms with Gasteiger partial charge >= 0.3 is 0 Å². The molecule has 2 aromatic rings. The van der Waals surface area contributed by atoms with Crippen molar-refractivity contribution in [1.29, 1.82) is 0 Å². The van der Waals surface area contributed by atoms with E-state index in [1.54, 1.807) is 36.1 Å². The van der Waals surface area contributed by atoms with Crippen LogP contribution in [0.15, 0.2) is 35.2 Å². The lowest BCUT2D eigenvalue weighted by Crippen LogP contribution is -2.14. The molecule has 0 atom stereocenters. The van der Waals surface area contributed by atoms with Crippen LogP contribution >= 0.6 is 0 Å². The van der Waals surface area contributed by atoms with Crippen molar-refractivity contribution in [1.82, 2.24) is 9.55 Å². The van der Waals surface area contributed by atoms with E-state index in [1.807, 2.05) is 0 Å². The Kier molecular flexibility index (Phi) is 2.06. The van der Waals surface area contributed by atoms with Crippen LogP contribution in [-0.4, -0.2) is 15.5 Å². The molecule has 0 fully saturated rings. The number of hydrogen-bond donors (Lipinski definition) is 1. The normalized spacial score (nSPS) is 10.1. The Morgan fingerprint density at radius 1 is 1.64 bits per heavy atom. The van der Waals surface area contributed by atoms with Crippen LogP contribution in [0.4, 0.5) is 5.95 Å². The van der Waals surface area contributed by atoms with E-state index in [1.165, 1.54) is 6.26 Å². The van der Waals surface area contributed by atoms with E-state index in [9.17, 15) is 4.79 Å². The van der Waals surface area contributed by atoms with Gasteiger partial charge in [0.1, 0.15) is 0 Å². The van der Waals surface area contributed by atoms with Crippen LogP contribution in [0, 0.1) is 0 Å². The van der Waals surface area contributed by atoms with Gasteiger partial charge in [0.05, 0.1) is 6.26 Å². The van der Waals surface area contributed by atoms with Crippen molar-refractivity contribution in [3.05, 3.63) is 36.5 Å². The zero-order chi connectivity index (χ0) is 9.97. The summed E-state index contributed by atoms with van der Waals surface area (Å²) >= 11 is 0. The molecular weight excluding hydrogens is 182 g/mol. The lowest BCUT2D eigenvalue weighted by Gasteiger charge is -2.01. The summed E-state index contributed by atoms with van der Waals surface area (Å²) in [6.45, 7) is 0. The van der Waals surface area contributed by atoms with Crippen molar-refractivity contribution in [2.45, 2.75) is 0 Å². The first-order valence-corrected chi connectivity index (χ1v) is 4.09. The van der Waals surface area contributed by atoms with E-state index in [4.69, 9.17) is 4.42 Å². The molecule has 0 unspecified atom stereocenters. The predicted octanol–water partition coefficient (Wildman–Crippen LogP) is 1.27. The first-order chi connectivity index (χ1) is 6.77. The highest BCUT2D eigenvalue weighted by Crippen LogP contribution is 2.05. The number of anilines is 1. The number of carbonyl (C=O) groups excluding carboxylic acids is 1. The molecule has 0 aliphatic heterocycles. The Morgan fingerprint density at radius 2 is 2.50 bits per heavy atom. The molecule has 72 valence electrons. The largest absolute Gasteiger partial charge is 0.459 e. The number of furan rings is 1. The minimum Gasteiger partial charge on any atom is -0.459 e. The van der Waals surface area contributed by atoms with E-state index in [2.05, 4.69) is 10.3 Å². The smallest absolute Gasteiger partial charge is 0.293 e. The summed E-state index contributed by atoms with van der Waals surface area (Å²) in [6.07, 6.45) is 4.81. The second-order valence-corrected chi connectivity index (χ2v) is 2.79. The van der Waals surface area contributed by atoms with Gasteiger partial charge in [0.15, 0.2) is 5.76 Å². The van der Waals surface area contributed by atoms with Gasteiger partial charge < -0.3 is 8.98 Å². The Morgan fingerprint density at radius 3 is 3.07 bits per heavy atom. The van der Waals surface area contributed by atoms with Gasteiger partial charge in [-0.3, -0.25) is 10.1 Å². The van der Waals surface area contributed by atoms with Gasteiger partial charge in [-0.25, -0.2) is 4.98 Å². The summed E-state index contributed by atoms with van der Waals surface area (Å²) in [5.74, 6) is 0.462. The van der Waals surface area contributed by atoms with Crippen LogP contribution in [0.25, 0.3) is 0 Å². The molecule has 0 aliphatic carbocycles. The second kappa shape index (κ2) is 3.37. The van der Waals surface area contributed by atoms with Crippen molar-refractivity contribution >= 4 is 11.9 Å². The minimum absolute atomic E-state index is 0.271. The first kappa shape index (κ1) is 8.55. The minimum atomic E-state index is -0.302. The van der Waals surface area contributed by atoms with Gasteiger partial charge in [-0.05, 0) is 12.1 Å². The highest BCUT2D eigenvalue weighted by atomic mass is 16.3. The molecule has 2 rings (SSSR count). The van der Waals surface area contributed by atoms with Crippen molar-refractivity contribution in [3.8, 4) is 0 Å². The van der Waals surface area contributed by atoms with E-state index in [-0.39, 0.29) is 11.7 Å². The van der Waals surface area contributed by atoms with Crippen molar-refractivity contribution in [2.24, 2.45) is 7.05 Å². The van der Waals surface area contributed by atoms with E-state index in [0.717, 1.165) is 0 Å². The molecule has 0 spiro atoms. The molecule has 0 aromatic carbocycles. The van der Waals surface area contributed by atoms with Crippen LogP contribution in [0.3, 0.4) is 0 Å². The zero-order valence-electron chi connectivity index (χ0n) is 7.60. The Labute approximate surface area is 80.4 Å². The fourth-order valence-electron chi connectivity index (χ4n) is 1.06. The number of aromatic nitrogens is 2. The summed E-state index contributed by atoms with van der Waals surface area (Å²) in [4.78, 5) is 15.4. The standard InChI is InChI=1S/C9H9N3O2/c1-12-5-4-10-9(12)11-8(13)7-3-2-6-14-7/h2-6H,1H3,(H,10,11,13). The van der Waals surface area contributed by atoms with E-state index >= 15 is 0 Å². The molecule has 1 amide bonds. The summed E-state index contributed by atoms with van der Waals surface area (Å²) in [6, 6.07) is 3.26. The van der Waals surface area contributed by atoms with Crippen LogP contribution in [0.1, 0.15) is 10.6 Å². The summed E-state index contributed by atoms with van der Waals surface area (Å²) in [5, 5.41) is 2.61. The summed E-state index contributed by atoms with van der Waals surface area (Å²) in [7, 11) is 1.80. The molecule has 14 heavy (non-hydrogen) atoms. The van der Waals surface area contributed by atoms with Gasteiger partial charge in [-0.15, -0.1) is 0 Å². The van der Waals surface area contributed by atoms with E-state index < -0.39 is 0 Å². The highest BCUT2D eigenvalue weighted by molar-refractivity contribution is 6.01. The Balaban J connectivity index is 2.13. The lowest BCUT2D eigenvalue weighted by atomic mass is 10.4. The number of nitrogens with one attached hydrogen (secondary N) is 1. The van der Waals surface area contributed by atoms with Gasteiger partial charge in [-0.1, -0.05) is 0 Å². The summed E-state index contributed by atoms with van der Waals surface area (Å²) < 4.78 is 6.64. The van der Waals surface area contributed by atoms with Gasteiger partial charge in [0.2, 0.25) is 5.95 Å². The average molecular weight is 191 g/mol. The molecule has 0 saturated carbocycles. The molecule has 0 radical (unpaired) electrons. The number of carbonyl (C=O) groups is 1. The summed E-state index contributed by atoms with van der Waals surface area (Å²) in [5.41, 5.74) is 0. The monoisotopic (exact) mass is 191 g/mol. The molecule has 1 N–H and O–H groups in total. The molecular formula is C9H9N3O2. The third-order valence-corrected chi connectivity index (χ3v) is 1.79. The third-order valence-electron chi connectivity index (χ3n) is 1.79. The second-order valence-electron chi connectivity index (χ2n) is 2.79. The topological polar surface area (TPSA) is 60.1 Å². The molecule has 0 aliphatic rings. The maximum Gasteiger partial charge on any atom is 0.293 e. The van der Waals surface area contributed by atoms with Crippen molar-refractivity contribution < 1.29 is 9.21 Å². The predicted molar refractivity (Wildman–Crippen MR) is 49.9 cm³/mol. The maximum atomic E-state index is 11.5. The number of aryl methyl sites for hydroxylation is 1. The van der Waals surface area contributed by atoms with Gasteiger partial charge in [0, 0.05) is 19.4 Å². The van der Waals surface area contributed by atoms with Crippen LogP contribution in [0.5, 0.6) is 0 Å². The quantitative estimate of drug-likeness (QED) is 0.777. The fraction of sp³-hybridized carbons (Fsp3) is 0.111. The van der Waals surface area contributed by atoms with Crippen LogP contribution in [-0.2, 0) is 7.05 Å². The Bertz CT molecular complexity index is 431. The third kappa shape index (κ3) is 1.52. The molecule has 5 nitrogen and oxygen atoms in total. The van der Waals surface area contributed by atoms with Crippen LogP contribution < -0.4 is 5.32 Å². The maximum absolute atomic E-state index is 11.5. The molecule has 5 heteroatoms. The molecule has 0 saturated heterocycles. The van der Waals surface area contributed by atoms with Gasteiger partial charge in [-0.2, -0.15) is 0 Å². The molecule has 2 heterocycles. The Hall–Kier alpha value is -2.04. The number of imidazole rings is 1. The molecule has 0 bridgehead atoms. The van der Waals surface area contributed by atoms with Gasteiger partial charge in [0.25, 0.3) is 5.91 Å². The highest BCUT2D eigenvalue weighted by Gasteiger charge is 2.10. The van der Waals surface area contributed by atoms with Crippen LogP contribution in [0.2, 0.25) is 0 Å². The van der Waals surface area contributed by atoms with Crippen molar-refractivity contribution in [3.63, 3.8) is 0 Å². The zero-order valence-corrected chi connectivity index (χ0v) is 7.60. The average Bonchev–Trinajstić information content (AvgIpc) is 2.77. The number of hydrogen-bond acceptors (Lipinski definition) is 3. The number of amides is 1. The SMILES string of the molecule is Cn1ccnc1NC(=O)c1ccco1.